The summed E-state index contributed by atoms with van der Waals surface area (Å²) in [6.07, 6.45) is 2.46. The zero-order valence-corrected chi connectivity index (χ0v) is 15.0. The van der Waals surface area contributed by atoms with Gasteiger partial charge in [-0.05, 0) is 19.8 Å². The van der Waals surface area contributed by atoms with Crippen molar-refractivity contribution in [3.8, 4) is 0 Å². The average molecular weight is 347 g/mol. The number of aromatic nitrogens is 3. The van der Waals surface area contributed by atoms with Crippen molar-refractivity contribution in [2.24, 2.45) is 0 Å². The molecule has 0 bridgehead atoms. The molecule has 2 saturated heterocycles. The molecule has 0 radical (unpaired) electrons. The lowest BCUT2D eigenvalue weighted by Crippen LogP contribution is -2.47. The SMILES string of the molecule is Cc1cc2nc(CN3CCC(N4CCSCC4)CC3)cc(=O)n2[nH]1. The summed E-state index contributed by atoms with van der Waals surface area (Å²) in [4.78, 5) is 21.9. The highest BCUT2D eigenvalue weighted by atomic mass is 32.2. The second-order valence-corrected chi connectivity index (χ2v) is 8.10. The molecular weight excluding hydrogens is 322 g/mol. The average Bonchev–Trinajstić information content (AvgIpc) is 2.97. The molecule has 0 unspecified atom stereocenters. The van der Waals surface area contributed by atoms with E-state index in [1.165, 1.54) is 42.0 Å². The van der Waals surface area contributed by atoms with Gasteiger partial charge in [0.2, 0.25) is 0 Å². The lowest BCUT2D eigenvalue weighted by Gasteiger charge is -2.40. The van der Waals surface area contributed by atoms with Crippen LogP contribution in [0.3, 0.4) is 0 Å². The minimum Gasteiger partial charge on any atom is -0.299 e. The van der Waals surface area contributed by atoms with Crippen LogP contribution in [0.5, 0.6) is 0 Å². The molecule has 4 rings (SSSR count). The van der Waals surface area contributed by atoms with Gasteiger partial charge in [-0.2, -0.15) is 11.8 Å². The molecule has 6 nitrogen and oxygen atoms in total. The lowest BCUT2D eigenvalue weighted by molar-refractivity contribution is 0.112. The summed E-state index contributed by atoms with van der Waals surface area (Å²) < 4.78 is 1.51. The number of piperidine rings is 1. The fourth-order valence-electron chi connectivity index (χ4n) is 3.86. The summed E-state index contributed by atoms with van der Waals surface area (Å²) in [5, 5.41) is 3.02. The molecule has 130 valence electrons. The van der Waals surface area contributed by atoms with Crippen LogP contribution in [0.1, 0.15) is 24.2 Å². The number of nitrogens with zero attached hydrogens (tertiary/aromatic N) is 4. The Labute approximate surface area is 146 Å². The Kier molecular flexibility index (Phi) is 4.65. The molecule has 0 amide bonds. The maximum atomic E-state index is 12.2. The van der Waals surface area contributed by atoms with Gasteiger partial charge in [-0.15, -0.1) is 0 Å². The zero-order chi connectivity index (χ0) is 16.5. The Morgan fingerprint density at radius 3 is 2.71 bits per heavy atom. The van der Waals surface area contributed by atoms with Gasteiger partial charge in [0.1, 0.15) is 0 Å². The minimum absolute atomic E-state index is 0.0243. The first kappa shape index (κ1) is 16.2. The van der Waals surface area contributed by atoms with E-state index in [2.05, 4.69) is 31.6 Å². The highest BCUT2D eigenvalue weighted by Crippen LogP contribution is 2.21. The normalized spacial score (nSPS) is 21.5. The molecule has 2 fully saturated rings. The van der Waals surface area contributed by atoms with Crippen LogP contribution in [-0.2, 0) is 6.54 Å². The van der Waals surface area contributed by atoms with Gasteiger partial charge in [-0.3, -0.25) is 19.7 Å². The highest BCUT2D eigenvalue weighted by molar-refractivity contribution is 7.99. The molecule has 0 atom stereocenters. The lowest BCUT2D eigenvalue weighted by atomic mass is 10.0. The number of thioether (sulfide) groups is 1. The first-order chi connectivity index (χ1) is 11.7. The summed E-state index contributed by atoms with van der Waals surface area (Å²) in [7, 11) is 0. The maximum absolute atomic E-state index is 12.2. The molecule has 0 aromatic carbocycles. The third kappa shape index (κ3) is 3.38. The Morgan fingerprint density at radius 2 is 1.96 bits per heavy atom. The molecule has 2 aliphatic heterocycles. The van der Waals surface area contributed by atoms with Gasteiger partial charge in [-0.25, -0.2) is 9.50 Å². The standard InChI is InChI=1S/C17H25N5OS/c1-13-10-16-18-14(11-17(23)22(16)19-13)12-20-4-2-15(3-5-20)21-6-8-24-9-7-21/h10-11,15,19H,2-9,12H2,1H3. The third-order valence-electron chi connectivity index (χ3n) is 5.14. The topological polar surface area (TPSA) is 56.6 Å². The quantitative estimate of drug-likeness (QED) is 0.908. The smallest absolute Gasteiger partial charge is 0.272 e. The second-order valence-electron chi connectivity index (χ2n) is 6.87. The molecule has 7 heteroatoms. The van der Waals surface area contributed by atoms with Crippen LogP contribution in [0.25, 0.3) is 5.65 Å². The van der Waals surface area contributed by atoms with Crippen molar-refractivity contribution in [3.63, 3.8) is 0 Å². The number of H-pyrrole nitrogens is 1. The number of nitrogens with one attached hydrogen (secondary N) is 1. The van der Waals surface area contributed by atoms with E-state index in [4.69, 9.17) is 0 Å². The van der Waals surface area contributed by atoms with E-state index < -0.39 is 0 Å². The summed E-state index contributed by atoms with van der Waals surface area (Å²) in [5.74, 6) is 2.56. The van der Waals surface area contributed by atoms with Crippen LogP contribution >= 0.6 is 11.8 Å². The van der Waals surface area contributed by atoms with Gasteiger partial charge < -0.3 is 0 Å². The van der Waals surface area contributed by atoms with Crippen molar-refractivity contribution in [2.75, 3.05) is 37.7 Å². The Bertz CT molecular complexity index is 756. The molecule has 24 heavy (non-hydrogen) atoms. The fraction of sp³-hybridized carbons (Fsp3) is 0.647. The predicted molar refractivity (Wildman–Crippen MR) is 97.7 cm³/mol. The van der Waals surface area contributed by atoms with Crippen LogP contribution in [-0.4, -0.2) is 68.1 Å². The van der Waals surface area contributed by atoms with Crippen LogP contribution in [0, 0.1) is 6.92 Å². The van der Waals surface area contributed by atoms with Gasteiger partial charge in [-0.1, -0.05) is 0 Å². The first-order valence-corrected chi connectivity index (χ1v) is 9.97. The highest BCUT2D eigenvalue weighted by Gasteiger charge is 2.25. The summed E-state index contributed by atoms with van der Waals surface area (Å²) in [6.45, 7) is 7.41. The van der Waals surface area contributed by atoms with Crippen molar-refractivity contribution in [3.05, 3.63) is 33.9 Å². The van der Waals surface area contributed by atoms with Gasteiger partial charge in [0.25, 0.3) is 5.56 Å². The predicted octanol–water partition coefficient (Wildman–Crippen LogP) is 1.34. The van der Waals surface area contributed by atoms with Crippen molar-refractivity contribution in [1.82, 2.24) is 24.4 Å². The zero-order valence-electron chi connectivity index (χ0n) is 14.2. The number of likely N-dealkylation sites (tertiary alicyclic amines) is 1. The van der Waals surface area contributed by atoms with Gasteiger partial charge >= 0.3 is 0 Å². The third-order valence-corrected chi connectivity index (χ3v) is 6.08. The van der Waals surface area contributed by atoms with Crippen LogP contribution in [0.4, 0.5) is 0 Å². The molecule has 0 aliphatic carbocycles. The Morgan fingerprint density at radius 1 is 1.21 bits per heavy atom. The van der Waals surface area contributed by atoms with Crippen molar-refractivity contribution >= 4 is 17.4 Å². The number of rotatable bonds is 3. The van der Waals surface area contributed by atoms with E-state index in [0.29, 0.717) is 0 Å². The number of hydrogen-bond acceptors (Lipinski definition) is 5. The molecular formula is C17H25N5OS. The first-order valence-electron chi connectivity index (χ1n) is 8.81. The number of hydrogen-bond donors (Lipinski definition) is 1. The largest absolute Gasteiger partial charge is 0.299 e. The minimum atomic E-state index is -0.0243. The number of aryl methyl sites for hydroxylation is 1. The van der Waals surface area contributed by atoms with Gasteiger partial charge in [0.05, 0.1) is 5.69 Å². The molecule has 0 saturated carbocycles. The van der Waals surface area contributed by atoms with Crippen LogP contribution in [0.15, 0.2) is 16.9 Å². The van der Waals surface area contributed by atoms with E-state index in [9.17, 15) is 4.79 Å². The Hall–Kier alpha value is -1.31. The van der Waals surface area contributed by atoms with Crippen molar-refractivity contribution in [1.29, 1.82) is 0 Å². The molecule has 2 aromatic heterocycles. The number of fused-ring (bicyclic) bond motifs is 1. The molecule has 0 spiro atoms. The van der Waals surface area contributed by atoms with Crippen LogP contribution < -0.4 is 5.56 Å². The Balaban J connectivity index is 1.39. The van der Waals surface area contributed by atoms with E-state index in [-0.39, 0.29) is 5.56 Å². The van der Waals surface area contributed by atoms with Gasteiger partial charge in [0.15, 0.2) is 5.65 Å². The van der Waals surface area contributed by atoms with Gasteiger partial charge in [0, 0.05) is 68.1 Å². The van der Waals surface area contributed by atoms with Crippen molar-refractivity contribution < 1.29 is 0 Å². The molecule has 1 N–H and O–H groups in total. The van der Waals surface area contributed by atoms with Crippen molar-refractivity contribution in [2.45, 2.75) is 32.4 Å². The molecule has 2 aromatic rings. The molecule has 2 aliphatic rings. The second kappa shape index (κ2) is 6.90. The van der Waals surface area contributed by atoms with E-state index in [1.54, 1.807) is 6.07 Å². The van der Waals surface area contributed by atoms with Crippen LogP contribution in [0.2, 0.25) is 0 Å². The fourth-order valence-corrected chi connectivity index (χ4v) is 4.79. The van der Waals surface area contributed by atoms with E-state index in [0.717, 1.165) is 42.7 Å². The summed E-state index contributed by atoms with van der Waals surface area (Å²) in [5.41, 5.74) is 2.53. The monoisotopic (exact) mass is 347 g/mol. The summed E-state index contributed by atoms with van der Waals surface area (Å²) in [6, 6.07) is 4.33. The maximum Gasteiger partial charge on any atom is 0.272 e. The molecule has 4 heterocycles. The summed E-state index contributed by atoms with van der Waals surface area (Å²) >= 11 is 2.07. The van der Waals surface area contributed by atoms with E-state index in [1.807, 2.05) is 13.0 Å². The number of aromatic amines is 1. The van der Waals surface area contributed by atoms with E-state index >= 15 is 0 Å².